The van der Waals surface area contributed by atoms with Gasteiger partial charge in [0.15, 0.2) is 0 Å². The van der Waals surface area contributed by atoms with E-state index in [0.717, 1.165) is 13.0 Å². The van der Waals surface area contributed by atoms with Crippen LogP contribution in [0.15, 0.2) is 0 Å². The molecule has 0 spiro atoms. The van der Waals surface area contributed by atoms with Crippen molar-refractivity contribution < 1.29 is 19.0 Å². The van der Waals surface area contributed by atoms with Crippen LogP contribution in [0, 0.1) is 5.41 Å². The van der Waals surface area contributed by atoms with Crippen LogP contribution in [0.3, 0.4) is 0 Å². The van der Waals surface area contributed by atoms with Crippen molar-refractivity contribution in [2.45, 2.75) is 58.8 Å². The van der Waals surface area contributed by atoms with Crippen LogP contribution in [-0.2, 0) is 14.2 Å². The summed E-state index contributed by atoms with van der Waals surface area (Å²) in [5.74, 6) is 0. The van der Waals surface area contributed by atoms with E-state index in [4.69, 9.17) is 14.2 Å². The van der Waals surface area contributed by atoms with Crippen LogP contribution >= 0.6 is 0 Å². The zero-order valence-corrected chi connectivity index (χ0v) is 12.4. The van der Waals surface area contributed by atoms with Gasteiger partial charge in [0.25, 0.3) is 0 Å². The third kappa shape index (κ3) is 7.41. The van der Waals surface area contributed by atoms with Crippen molar-refractivity contribution in [1.29, 1.82) is 0 Å². The third-order valence-corrected chi connectivity index (χ3v) is 3.42. The lowest BCUT2D eigenvalue weighted by molar-refractivity contribution is -0.0852. The Morgan fingerprint density at radius 2 is 1.63 bits per heavy atom. The lowest BCUT2D eigenvalue weighted by Gasteiger charge is -2.31. The van der Waals surface area contributed by atoms with Gasteiger partial charge in [-0.1, -0.05) is 52.4 Å². The minimum atomic E-state index is -0.565. The molecular weight excluding hydrogens is 244 g/mol. The van der Waals surface area contributed by atoms with E-state index in [0.29, 0.717) is 19.8 Å². The standard InChI is InChI=1S/C15H28O4/c1-3-4-5-6-7-8-9-10-17-11-15(2)12-18-14(16)19-13-15/h3-13H2,1-2H3. The van der Waals surface area contributed by atoms with Crippen LogP contribution in [0.1, 0.15) is 58.8 Å². The van der Waals surface area contributed by atoms with Crippen molar-refractivity contribution in [2.75, 3.05) is 26.4 Å². The molecule has 1 fully saturated rings. The molecule has 112 valence electrons. The molecule has 4 nitrogen and oxygen atoms in total. The summed E-state index contributed by atoms with van der Waals surface area (Å²) in [7, 11) is 0. The van der Waals surface area contributed by atoms with Gasteiger partial charge in [-0.25, -0.2) is 4.79 Å². The van der Waals surface area contributed by atoms with Crippen LogP contribution in [0.25, 0.3) is 0 Å². The van der Waals surface area contributed by atoms with Gasteiger partial charge in [-0.2, -0.15) is 0 Å². The minimum Gasteiger partial charge on any atom is -0.433 e. The minimum absolute atomic E-state index is 0.185. The maximum Gasteiger partial charge on any atom is 0.508 e. The molecule has 1 saturated heterocycles. The van der Waals surface area contributed by atoms with E-state index in [1.54, 1.807) is 0 Å². The number of carbonyl (C=O) groups excluding carboxylic acids is 1. The Morgan fingerprint density at radius 3 is 2.26 bits per heavy atom. The molecule has 1 aliphatic rings. The SMILES string of the molecule is CCCCCCCCCOCC1(C)COC(=O)OC1. The maximum atomic E-state index is 10.8. The summed E-state index contributed by atoms with van der Waals surface area (Å²) < 4.78 is 15.4. The Kier molecular flexibility index (Phi) is 7.87. The number of carbonyl (C=O) groups is 1. The number of cyclic esters (lactones) is 2. The Morgan fingerprint density at radius 1 is 1.05 bits per heavy atom. The summed E-state index contributed by atoms with van der Waals surface area (Å²) in [5, 5.41) is 0. The highest BCUT2D eigenvalue weighted by atomic mass is 16.7. The Balaban J connectivity index is 1.91. The summed E-state index contributed by atoms with van der Waals surface area (Å²) in [5.41, 5.74) is -0.185. The zero-order chi connectivity index (χ0) is 14.0. The molecule has 1 rings (SSSR count). The molecule has 0 N–H and O–H groups in total. The van der Waals surface area contributed by atoms with Gasteiger partial charge in [-0.15, -0.1) is 0 Å². The van der Waals surface area contributed by atoms with Crippen LogP contribution in [0.5, 0.6) is 0 Å². The van der Waals surface area contributed by atoms with Crippen molar-refractivity contribution >= 4 is 6.16 Å². The quantitative estimate of drug-likeness (QED) is 0.446. The molecule has 1 aliphatic heterocycles. The topological polar surface area (TPSA) is 44.8 Å². The molecule has 19 heavy (non-hydrogen) atoms. The van der Waals surface area contributed by atoms with Crippen LogP contribution in [0.2, 0.25) is 0 Å². The molecule has 0 aromatic carbocycles. The van der Waals surface area contributed by atoms with Crippen LogP contribution < -0.4 is 0 Å². The fourth-order valence-corrected chi connectivity index (χ4v) is 2.11. The highest BCUT2D eigenvalue weighted by Gasteiger charge is 2.33. The van der Waals surface area contributed by atoms with Gasteiger partial charge in [0, 0.05) is 6.61 Å². The van der Waals surface area contributed by atoms with Crippen molar-refractivity contribution in [3.63, 3.8) is 0 Å². The summed E-state index contributed by atoms with van der Waals surface area (Å²) >= 11 is 0. The van der Waals surface area contributed by atoms with E-state index < -0.39 is 6.16 Å². The molecule has 0 bridgehead atoms. The van der Waals surface area contributed by atoms with Crippen molar-refractivity contribution in [3.05, 3.63) is 0 Å². The van der Waals surface area contributed by atoms with Gasteiger partial charge in [-0.05, 0) is 6.42 Å². The molecule has 0 aliphatic carbocycles. The first kappa shape index (κ1) is 16.3. The van der Waals surface area contributed by atoms with Gasteiger partial charge in [0.05, 0.1) is 12.0 Å². The van der Waals surface area contributed by atoms with E-state index in [1.165, 1.54) is 38.5 Å². The molecule has 0 radical (unpaired) electrons. The fraction of sp³-hybridized carbons (Fsp3) is 0.933. The molecule has 4 heteroatoms. The number of ether oxygens (including phenoxy) is 3. The van der Waals surface area contributed by atoms with Gasteiger partial charge >= 0.3 is 6.16 Å². The van der Waals surface area contributed by atoms with Gasteiger partial charge in [0.1, 0.15) is 13.2 Å². The molecule has 1 heterocycles. The first-order valence-corrected chi connectivity index (χ1v) is 7.53. The van der Waals surface area contributed by atoms with E-state index in [1.807, 2.05) is 6.92 Å². The lowest BCUT2D eigenvalue weighted by Crippen LogP contribution is -2.40. The van der Waals surface area contributed by atoms with Gasteiger partial charge in [0.2, 0.25) is 0 Å². The first-order valence-electron chi connectivity index (χ1n) is 7.53. The maximum absolute atomic E-state index is 10.8. The second-order valence-corrected chi connectivity index (χ2v) is 5.81. The normalized spacial score (nSPS) is 17.9. The number of hydrogen-bond acceptors (Lipinski definition) is 4. The molecule has 0 atom stereocenters. The first-order chi connectivity index (χ1) is 9.16. The van der Waals surface area contributed by atoms with Gasteiger partial charge in [-0.3, -0.25) is 0 Å². The highest BCUT2D eigenvalue weighted by molar-refractivity contribution is 5.60. The van der Waals surface area contributed by atoms with E-state index in [9.17, 15) is 4.79 Å². The molecule has 0 amide bonds. The predicted octanol–water partition coefficient (Wildman–Crippen LogP) is 3.93. The van der Waals surface area contributed by atoms with Crippen molar-refractivity contribution in [2.24, 2.45) is 5.41 Å². The van der Waals surface area contributed by atoms with E-state index in [2.05, 4.69) is 6.92 Å². The molecule has 0 unspecified atom stereocenters. The summed E-state index contributed by atoms with van der Waals surface area (Å²) in [4.78, 5) is 10.8. The van der Waals surface area contributed by atoms with Crippen molar-refractivity contribution in [1.82, 2.24) is 0 Å². The smallest absolute Gasteiger partial charge is 0.433 e. The van der Waals surface area contributed by atoms with Crippen LogP contribution in [-0.4, -0.2) is 32.6 Å². The number of unbranched alkanes of at least 4 members (excludes halogenated alkanes) is 6. The monoisotopic (exact) mass is 272 g/mol. The summed E-state index contributed by atoms with van der Waals surface area (Å²) in [6, 6.07) is 0. The zero-order valence-electron chi connectivity index (χ0n) is 12.4. The summed E-state index contributed by atoms with van der Waals surface area (Å²) in [6.07, 6.45) is 8.45. The Bertz CT molecular complexity index is 243. The second kappa shape index (κ2) is 9.18. The Hall–Kier alpha value is -0.770. The highest BCUT2D eigenvalue weighted by Crippen LogP contribution is 2.22. The second-order valence-electron chi connectivity index (χ2n) is 5.81. The average Bonchev–Trinajstić information content (AvgIpc) is 2.41. The molecule has 0 aromatic rings. The molecular formula is C15H28O4. The molecule has 0 saturated carbocycles. The lowest BCUT2D eigenvalue weighted by atomic mass is 9.94. The third-order valence-electron chi connectivity index (χ3n) is 3.42. The average molecular weight is 272 g/mol. The number of hydrogen-bond donors (Lipinski definition) is 0. The van der Waals surface area contributed by atoms with Crippen molar-refractivity contribution in [3.8, 4) is 0 Å². The van der Waals surface area contributed by atoms with E-state index in [-0.39, 0.29) is 5.41 Å². The predicted molar refractivity (Wildman–Crippen MR) is 74.2 cm³/mol. The fourth-order valence-electron chi connectivity index (χ4n) is 2.11. The largest absolute Gasteiger partial charge is 0.508 e. The summed E-state index contributed by atoms with van der Waals surface area (Å²) in [6.45, 7) is 6.42. The van der Waals surface area contributed by atoms with Crippen LogP contribution in [0.4, 0.5) is 4.79 Å². The number of rotatable bonds is 10. The molecule has 0 aromatic heterocycles. The van der Waals surface area contributed by atoms with Gasteiger partial charge < -0.3 is 14.2 Å². The van der Waals surface area contributed by atoms with E-state index >= 15 is 0 Å². The Labute approximate surface area is 116 Å².